The Balaban J connectivity index is 2.01. The molecule has 1 aromatic heterocycles. The minimum atomic E-state index is -0.451. The van der Waals surface area contributed by atoms with Crippen LogP contribution in [0, 0.1) is 5.82 Å². The second-order valence-corrected chi connectivity index (χ2v) is 6.14. The van der Waals surface area contributed by atoms with Gasteiger partial charge < -0.3 is 19.8 Å². The van der Waals surface area contributed by atoms with Gasteiger partial charge in [-0.25, -0.2) is 9.18 Å². The van der Waals surface area contributed by atoms with Crippen molar-refractivity contribution < 1.29 is 18.3 Å². The lowest BCUT2D eigenvalue weighted by Gasteiger charge is -2.23. The second-order valence-electron chi connectivity index (χ2n) is 6.14. The van der Waals surface area contributed by atoms with Crippen molar-refractivity contribution in [2.24, 2.45) is 0 Å². The van der Waals surface area contributed by atoms with Crippen molar-refractivity contribution in [3.8, 4) is 5.75 Å². The standard InChI is InChI=1S/C18H24FN3O3/c1-12(2)25-16-8-7-13(19)10-14(16)21-18(23)20-11-15(22(3)4)17-6-5-9-24-17/h5-10,12,15H,11H2,1-4H3,(H2,20,21,23). The number of carbonyl (C=O) groups is 1. The van der Waals surface area contributed by atoms with Crippen molar-refractivity contribution in [2.75, 3.05) is 26.0 Å². The summed E-state index contributed by atoms with van der Waals surface area (Å²) >= 11 is 0. The largest absolute Gasteiger partial charge is 0.489 e. The molecule has 0 saturated heterocycles. The van der Waals surface area contributed by atoms with E-state index in [0.717, 1.165) is 5.76 Å². The Morgan fingerprint density at radius 2 is 2.08 bits per heavy atom. The van der Waals surface area contributed by atoms with Crippen LogP contribution in [0.5, 0.6) is 5.75 Å². The number of ether oxygens (including phenoxy) is 1. The van der Waals surface area contributed by atoms with Gasteiger partial charge in [-0.05, 0) is 52.2 Å². The van der Waals surface area contributed by atoms with E-state index in [1.165, 1.54) is 18.2 Å². The van der Waals surface area contributed by atoms with Gasteiger partial charge >= 0.3 is 6.03 Å². The SMILES string of the molecule is CC(C)Oc1ccc(F)cc1NC(=O)NCC(c1ccco1)N(C)C. The first-order chi connectivity index (χ1) is 11.9. The molecule has 0 aliphatic heterocycles. The molecule has 0 spiro atoms. The van der Waals surface area contributed by atoms with E-state index in [2.05, 4.69) is 10.6 Å². The molecule has 1 unspecified atom stereocenters. The highest BCUT2D eigenvalue weighted by molar-refractivity contribution is 5.90. The average molecular weight is 349 g/mol. The topological polar surface area (TPSA) is 66.7 Å². The Morgan fingerprint density at radius 3 is 2.68 bits per heavy atom. The van der Waals surface area contributed by atoms with Gasteiger partial charge in [0.25, 0.3) is 0 Å². The fraction of sp³-hybridized carbons (Fsp3) is 0.389. The van der Waals surface area contributed by atoms with E-state index in [0.29, 0.717) is 12.3 Å². The molecule has 6 nitrogen and oxygen atoms in total. The van der Waals surface area contributed by atoms with Gasteiger partial charge in [0.15, 0.2) is 0 Å². The first-order valence-electron chi connectivity index (χ1n) is 8.07. The Morgan fingerprint density at radius 1 is 1.32 bits per heavy atom. The molecule has 7 heteroatoms. The molecule has 2 N–H and O–H groups in total. The van der Waals surface area contributed by atoms with Gasteiger partial charge in [0.05, 0.1) is 24.1 Å². The maximum Gasteiger partial charge on any atom is 0.319 e. The van der Waals surface area contributed by atoms with Gasteiger partial charge in [-0.2, -0.15) is 0 Å². The molecular weight excluding hydrogens is 325 g/mol. The zero-order valence-electron chi connectivity index (χ0n) is 14.9. The smallest absolute Gasteiger partial charge is 0.319 e. The molecule has 0 radical (unpaired) electrons. The van der Waals surface area contributed by atoms with Crippen molar-refractivity contribution in [3.05, 3.63) is 48.2 Å². The Labute approximate surface area is 147 Å². The molecule has 0 saturated carbocycles. The van der Waals surface area contributed by atoms with E-state index in [1.54, 1.807) is 12.3 Å². The van der Waals surface area contributed by atoms with Crippen LogP contribution in [0.15, 0.2) is 41.0 Å². The number of anilines is 1. The summed E-state index contributed by atoms with van der Waals surface area (Å²) in [4.78, 5) is 14.1. The number of halogens is 1. The lowest BCUT2D eigenvalue weighted by atomic mass is 10.2. The maximum absolute atomic E-state index is 13.5. The van der Waals surface area contributed by atoms with Crippen LogP contribution in [0.25, 0.3) is 0 Å². The molecule has 1 heterocycles. The fourth-order valence-electron chi connectivity index (χ4n) is 2.33. The summed E-state index contributed by atoms with van der Waals surface area (Å²) in [5, 5.41) is 5.40. The maximum atomic E-state index is 13.5. The van der Waals surface area contributed by atoms with Gasteiger partial charge in [-0.15, -0.1) is 0 Å². The van der Waals surface area contributed by atoms with Gasteiger partial charge in [0, 0.05) is 12.6 Å². The molecule has 0 fully saturated rings. The molecule has 2 aromatic rings. The third-order valence-electron chi connectivity index (χ3n) is 3.50. The molecule has 0 aliphatic carbocycles. The zero-order chi connectivity index (χ0) is 18.4. The first kappa shape index (κ1) is 18.8. The van der Waals surface area contributed by atoms with Crippen molar-refractivity contribution >= 4 is 11.7 Å². The van der Waals surface area contributed by atoms with Crippen molar-refractivity contribution in [3.63, 3.8) is 0 Å². The number of nitrogens with zero attached hydrogens (tertiary/aromatic N) is 1. The highest BCUT2D eigenvalue weighted by Crippen LogP contribution is 2.26. The highest BCUT2D eigenvalue weighted by Gasteiger charge is 2.18. The lowest BCUT2D eigenvalue weighted by molar-refractivity contribution is 0.232. The van der Waals surface area contributed by atoms with Crippen molar-refractivity contribution in [1.29, 1.82) is 0 Å². The number of amides is 2. The van der Waals surface area contributed by atoms with Crippen LogP contribution in [0.1, 0.15) is 25.6 Å². The summed E-state index contributed by atoms with van der Waals surface area (Å²) in [6.45, 7) is 4.05. The number of nitrogens with one attached hydrogen (secondary N) is 2. The third kappa shape index (κ3) is 5.49. The van der Waals surface area contributed by atoms with E-state index >= 15 is 0 Å². The number of urea groups is 1. The van der Waals surface area contributed by atoms with E-state index in [4.69, 9.17) is 9.15 Å². The molecule has 1 atom stereocenters. The normalized spacial score (nSPS) is 12.3. The summed E-state index contributed by atoms with van der Waals surface area (Å²) in [6.07, 6.45) is 1.50. The summed E-state index contributed by atoms with van der Waals surface area (Å²) in [5.74, 6) is 0.717. The van der Waals surface area contributed by atoms with Crippen LogP contribution in [0.2, 0.25) is 0 Å². The Kier molecular flexibility index (Phi) is 6.41. The minimum absolute atomic E-state index is 0.0915. The first-order valence-corrected chi connectivity index (χ1v) is 8.07. The van der Waals surface area contributed by atoms with Gasteiger partial charge in [0.2, 0.25) is 0 Å². The zero-order valence-corrected chi connectivity index (χ0v) is 14.9. The van der Waals surface area contributed by atoms with Crippen LogP contribution in [0.3, 0.4) is 0 Å². The summed E-state index contributed by atoms with van der Waals surface area (Å²) in [5.41, 5.74) is 0.283. The number of benzene rings is 1. The molecule has 1 aromatic carbocycles. The number of carbonyl (C=O) groups excluding carboxylic acids is 1. The Hall–Kier alpha value is -2.54. The predicted octanol–water partition coefficient (Wildman–Crippen LogP) is 3.63. The van der Waals surface area contributed by atoms with Crippen molar-refractivity contribution in [1.82, 2.24) is 10.2 Å². The van der Waals surface area contributed by atoms with E-state index < -0.39 is 11.8 Å². The van der Waals surface area contributed by atoms with E-state index in [-0.39, 0.29) is 17.8 Å². The van der Waals surface area contributed by atoms with E-state index in [9.17, 15) is 9.18 Å². The predicted molar refractivity (Wildman–Crippen MR) is 94.3 cm³/mol. The fourth-order valence-corrected chi connectivity index (χ4v) is 2.33. The molecule has 25 heavy (non-hydrogen) atoms. The monoisotopic (exact) mass is 349 g/mol. The van der Waals surface area contributed by atoms with Crippen LogP contribution >= 0.6 is 0 Å². The molecule has 0 bridgehead atoms. The van der Waals surface area contributed by atoms with Gasteiger partial charge in [0.1, 0.15) is 17.3 Å². The van der Waals surface area contributed by atoms with Crippen molar-refractivity contribution in [2.45, 2.75) is 26.0 Å². The number of hydrogen-bond donors (Lipinski definition) is 2. The third-order valence-corrected chi connectivity index (χ3v) is 3.50. The van der Waals surface area contributed by atoms with Crippen LogP contribution in [-0.2, 0) is 0 Å². The average Bonchev–Trinajstić information content (AvgIpc) is 3.03. The highest BCUT2D eigenvalue weighted by atomic mass is 19.1. The number of rotatable bonds is 7. The second kappa shape index (κ2) is 8.53. The molecule has 0 aliphatic rings. The minimum Gasteiger partial charge on any atom is -0.489 e. The molecule has 136 valence electrons. The van der Waals surface area contributed by atoms with Gasteiger partial charge in [-0.1, -0.05) is 0 Å². The summed E-state index contributed by atoms with van der Waals surface area (Å²) in [7, 11) is 3.79. The molecular formula is C18H24FN3O3. The van der Waals surface area contributed by atoms with E-state index in [1.807, 2.05) is 38.9 Å². The Bertz CT molecular complexity index is 687. The molecule has 2 amide bonds. The van der Waals surface area contributed by atoms with Crippen LogP contribution in [-0.4, -0.2) is 37.7 Å². The van der Waals surface area contributed by atoms with Gasteiger partial charge in [-0.3, -0.25) is 4.90 Å². The van der Waals surface area contributed by atoms with Crippen LogP contribution in [0.4, 0.5) is 14.9 Å². The quantitative estimate of drug-likeness (QED) is 0.801. The summed E-state index contributed by atoms with van der Waals surface area (Å²) in [6, 6.07) is 7.11. The van der Waals surface area contributed by atoms with Crippen LogP contribution < -0.4 is 15.4 Å². The number of furan rings is 1. The molecule has 2 rings (SSSR count). The number of likely N-dealkylation sites (N-methyl/N-ethyl adjacent to an activating group) is 1. The summed E-state index contributed by atoms with van der Waals surface area (Å²) < 4.78 is 24.5. The lowest BCUT2D eigenvalue weighted by Crippen LogP contribution is -2.36. The number of hydrogen-bond acceptors (Lipinski definition) is 4.